The van der Waals surface area contributed by atoms with Gasteiger partial charge in [-0.05, 0) is 49.5 Å². The van der Waals surface area contributed by atoms with Crippen molar-refractivity contribution < 1.29 is 0 Å². The van der Waals surface area contributed by atoms with Crippen molar-refractivity contribution in [2.75, 3.05) is 19.6 Å². The van der Waals surface area contributed by atoms with Crippen molar-refractivity contribution in [2.24, 2.45) is 4.99 Å². The summed E-state index contributed by atoms with van der Waals surface area (Å²) < 4.78 is 0. The standard InChI is InChI=1S/C21H23N3/c1-2-23-13-6-14-24-21-19-9-4-3-7-16(19)11-12-18-17(15-22)8-5-10-20(18)21/h3-5,7-10,23H,2,6,11-14H2,1H3. The molecule has 2 aromatic carbocycles. The molecule has 0 atom stereocenters. The first kappa shape index (κ1) is 16.4. The molecule has 0 saturated carbocycles. The zero-order chi connectivity index (χ0) is 16.8. The van der Waals surface area contributed by atoms with Gasteiger partial charge in [-0.3, -0.25) is 4.99 Å². The summed E-state index contributed by atoms with van der Waals surface area (Å²) in [6.45, 7) is 4.90. The molecule has 1 aliphatic rings. The Kier molecular flexibility index (Phi) is 5.40. The lowest BCUT2D eigenvalue weighted by Crippen LogP contribution is -2.15. The molecule has 0 aromatic heterocycles. The predicted molar refractivity (Wildman–Crippen MR) is 98.7 cm³/mol. The largest absolute Gasteiger partial charge is 0.317 e. The summed E-state index contributed by atoms with van der Waals surface area (Å²) in [7, 11) is 0. The Hall–Kier alpha value is -2.44. The second-order valence-corrected chi connectivity index (χ2v) is 6.04. The van der Waals surface area contributed by atoms with Crippen LogP contribution < -0.4 is 5.32 Å². The molecule has 0 unspecified atom stereocenters. The Morgan fingerprint density at radius 3 is 2.75 bits per heavy atom. The predicted octanol–water partition coefficient (Wildman–Crippen LogP) is 3.49. The average molecular weight is 317 g/mol. The highest BCUT2D eigenvalue weighted by Gasteiger charge is 2.20. The molecule has 2 aromatic rings. The topological polar surface area (TPSA) is 48.2 Å². The van der Waals surface area contributed by atoms with E-state index in [1.807, 2.05) is 12.1 Å². The lowest BCUT2D eigenvalue weighted by atomic mass is 9.95. The molecule has 0 radical (unpaired) electrons. The summed E-state index contributed by atoms with van der Waals surface area (Å²) in [6, 6.07) is 16.9. The van der Waals surface area contributed by atoms with Gasteiger partial charge in [0.2, 0.25) is 0 Å². The number of nitriles is 1. The van der Waals surface area contributed by atoms with Crippen LogP contribution in [0, 0.1) is 11.3 Å². The number of aliphatic imine (C=N–C) groups is 1. The maximum Gasteiger partial charge on any atom is 0.0994 e. The molecule has 0 aliphatic heterocycles. The molecule has 3 nitrogen and oxygen atoms in total. The number of fused-ring (bicyclic) bond motifs is 2. The van der Waals surface area contributed by atoms with Gasteiger partial charge >= 0.3 is 0 Å². The van der Waals surface area contributed by atoms with Gasteiger partial charge in [-0.2, -0.15) is 5.26 Å². The lowest BCUT2D eigenvalue weighted by molar-refractivity contribution is 0.680. The number of aryl methyl sites for hydroxylation is 1. The fourth-order valence-corrected chi connectivity index (χ4v) is 3.30. The van der Waals surface area contributed by atoms with Crippen molar-refractivity contribution in [3.8, 4) is 6.07 Å². The Balaban J connectivity index is 2.02. The summed E-state index contributed by atoms with van der Waals surface area (Å²) in [5.41, 5.74) is 6.63. The smallest absolute Gasteiger partial charge is 0.0994 e. The minimum Gasteiger partial charge on any atom is -0.317 e. The zero-order valence-corrected chi connectivity index (χ0v) is 14.2. The van der Waals surface area contributed by atoms with E-state index < -0.39 is 0 Å². The second kappa shape index (κ2) is 7.90. The summed E-state index contributed by atoms with van der Waals surface area (Å²) >= 11 is 0. The highest BCUT2D eigenvalue weighted by Crippen LogP contribution is 2.27. The van der Waals surface area contributed by atoms with Gasteiger partial charge in [0.1, 0.15) is 0 Å². The van der Waals surface area contributed by atoms with E-state index in [0.29, 0.717) is 0 Å². The van der Waals surface area contributed by atoms with Crippen LogP contribution >= 0.6 is 0 Å². The van der Waals surface area contributed by atoms with E-state index in [9.17, 15) is 5.26 Å². The van der Waals surface area contributed by atoms with E-state index in [1.54, 1.807) is 0 Å². The highest BCUT2D eigenvalue weighted by atomic mass is 14.8. The van der Waals surface area contributed by atoms with Crippen LogP contribution in [0.25, 0.3) is 0 Å². The summed E-state index contributed by atoms with van der Waals surface area (Å²) in [5, 5.41) is 12.8. The van der Waals surface area contributed by atoms with Gasteiger partial charge in [0.05, 0.1) is 17.3 Å². The molecule has 0 bridgehead atoms. The molecule has 24 heavy (non-hydrogen) atoms. The highest BCUT2D eigenvalue weighted by molar-refractivity contribution is 6.15. The maximum absolute atomic E-state index is 9.46. The van der Waals surface area contributed by atoms with Gasteiger partial charge in [-0.15, -0.1) is 0 Å². The quantitative estimate of drug-likeness (QED) is 0.858. The Bertz CT molecular complexity index is 784. The van der Waals surface area contributed by atoms with E-state index in [4.69, 9.17) is 4.99 Å². The number of hydrogen-bond acceptors (Lipinski definition) is 3. The molecule has 0 saturated heterocycles. The van der Waals surface area contributed by atoms with Crippen LogP contribution in [-0.4, -0.2) is 25.3 Å². The normalized spacial score (nSPS) is 14.6. The van der Waals surface area contributed by atoms with E-state index in [0.717, 1.165) is 61.3 Å². The average Bonchev–Trinajstić information content (AvgIpc) is 2.78. The van der Waals surface area contributed by atoms with Crippen molar-refractivity contribution >= 4 is 5.71 Å². The molecule has 3 rings (SSSR count). The van der Waals surface area contributed by atoms with E-state index in [2.05, 4.69) is 48.6 Å². The van der Waals surface area contributed by atoms with Crippen LogP contribution in [0.15, 0.2) is 47.5 Å². The molecular weight excluding hydrogens is 294 g/mol. The number of rotatable bonds is 5. The summed E-state index contributed by atoms with van der Waals surface area (Å²) in [4.78, 5) is 4.94. The van der Waals surface area contributed by atoms with Gasteiger partial charge in [-0.25, -0.2) is 0 Å². The monoisotopic (exact) mass is 317 g/mol. The van der Waals surface area contributed by atoms with Gasteiger partial charge in [0.25, 0.3) is 0 Å². The molecule has 3 heteroatoms. The first-order valence-electron chi connectivity index (χ1n) is 8.71. The van der Waals surface area contributed by atoms with E-state index in [1.165, 1.54) is 11.1 Å². The molecule has 0 spiro atoms. The van der Waals surface area contributed by atoms with E-state index >= 15 is 0 Å². The third kappa shape index (κ3) is 3.39. The molecule has 0 amide bonds. The minimum absolute atomic E-state index is 0.778. The van der Waals surface area contributed by atoms with Gasteiger partial charge in [0.15, 0.2) is 0 Å². The van der Waals surface area contributed by atoms with Crippen molar-refractivity contribution in [2.45, 2.75) is 26.2 Å². The van der Waals surface area contributed by atoms with Crippen LogP contribution in [-0.2, 0) is 12.8 Å². The number of nitrogens with zero attached hydrogens (tertiary/aromatic N) is 2. The molecule has 0 fully saturated rings. The van der Waals surface area contributed by atoms with Gasteiger partial charge in [0, 0.05) is 17.7 Å². The van der Waals surface area contributed by atoms with Crippen LogP contribution in [0.1, 0.15) is 41.2 Å². The van der Waals surface area contributed by atoms with Gasteiger partial charge < -0.3 is 5.32 Å². The minimum atomic E-state index is 0.778. The second-order valence-electron chi connectivity index (χ2n) is 6.04. The third-order valence-corrected chi connectivity index (χ3v) is 4.50. The molecular formula is C21H23N3. The fourth-order valence-electron chi connectivity index (χ4n) is 3.30. The van der Waals surface area contributed by atoms with Crippen LogP contribution in [0.3, 0.4) is 0 Å². The lowest BCUT2D eigenvalue weighted by Gasteiger charge is -2.11. The fraction of sp³-hybridized carbons (Fsp3) is 0.333. The zero-order valence-electron chi connectivity index (χ0n) is 14.2. The van der Waals surface area contributed by atoms with Gasteiger partial charge in [-0.1, -0.05) is 43.3 Å². The van der Waals surface area contributed by atoms with Crippen molar-refractivity contribution in [3.05, 3.63) is 70.3 Å². The van der Waals surface area contributed by atoms with Crippen LogP contribution in [0.2, 0.25) is 0 Å². The van der Waals surface area contributed by atoms with E-state index in [-0.39, 0.29) is 0 Å². The molecule has 1 N–H and O–H groups in total. The summed E-state index contributed by atoms with van der Waals surface area (Å²) in [5.74, 6) is 0. The first-order valence-corrected chi connectivity index (χ1v) is 8.71. The van der Waals surface area contributed by atoms with Crippen LogP contribution in [0.5, 0.6) is 0 Å². The molecule has 1 aliphatic carbocycles. The van der Waals surface area contributed by atoms with Crippen molar-refractivity contribution in [1.82, 2.24) is 5.32 Å². The Morgan fingerprint density at radius 1 is 1.08 bits per heavy atom. The summed E-state index contributed by atoms with van der Waals surface area (Å²) in [6.07, 6.45) is 2.87. The Labute approximate surface area is 144 Å². The third-order valence-electron chi connectivity index (χ3n) is 4.50. The SMILES string of the molecule is CCNCCCN=C1c2ccccc2CCc2c(C#N)cccc21. The Morgan fingerprint density at radius 2 is 1.92 bits per heavy atom. The van der Waals surface area contributed by atoms with Crippen molar-refractivity contribution in [3.63, 3.8) is 0 Å². The molecule has 0 heterocycles. The first-order chi connectivity index (χ1) is 11.8. The number of nitrogens with one attached hydrogen (secondary N) is 1. The van der Waals surface area contributed by atoms with Crippen LogP contribution in [0.4, 0.5) is 0 Å². The number of hydrogen-bond donors (Lipinski definition) is 1. The van der Waals surface area contributed by atoms with Crippen molar-refractivity contribution in [1.29, 1.82) is 5.26 Å². The number of benzene rings is 2. The maximum atomic E-state index is 9.46. The molecule has 122 valence electrons.